The first-order valence-electron chi connectivity index (χ1n) is 3.21. The van der Waals surface area contributed by atoms with E-state index in [1.165, 1.54) is 6.92 Å². The van der Waals surface area contributed by atoms with E-state index in [9.17, 15) is 4.79 Å². The summed E-state index contributed by atoms with van der Waals surface area (Å²) < 4.78 is 0. The summed E-state index contributed by atoms with van der Waals surface area (Å²) in [5.41, 5.74) is 0.766. The topological polar surface area (TPSA) is 30.0 Å². The summed E-state index contributed by atoms with van der Waals surface area (Å²) in [6, 6.07) is 3.59. The molecule has 1 aromatic rings. The molecule has 0 atom stereocenters. The summed E-state index contributed by atoms with van der Waals surface area (Å²) in [5, 5.41) is 0. The fraction of sp³-hybridized carbons (Fsp3) is 0.111. The van der Waals surface area contributed by atoms with E-state index < -0.39 is 0 Å². The minimum Gasteiger partial charge on any atom is -0.285 e. The second-order valence-corrected chi connectivity index (χ2v) is 2.05. The standard InChI is InChI=1S/C9H7NO/c1-8(11)4-5-9-3-2-6-10-7-9/h2-3,6-7H,1H3. The molecular formula is C9H7NO. The van der Waals surface area contributed by atoms with Gasteiger partial charge in [-0.15, -0.1) is 0 Å². The van der Waals surface area contributed by atoms with Crippen LogP contribution in [-0.4, -0.2) is 10.8 Å². The fourth-order valence-corrected chi connectivity index (χ4v) is 0.597. The fourth-order valence-electron chi connectivity index (χ4n) is 0.597. The lowest BCUT2D eigenvalue weighted by atomic mass is 10.3. The Labute approximate surface area is 65.3 Å². The van der Waals surface area contributed by atoms with Crippen LogP contribution in [0.5, 0.6) is 0 Å². The van der Waals surface area contributed by atoms with E-state index in [4.69, 9.17) is 0 Å². The molecule has 0 bridgehead atoms. The van der Waals surface area contributed by atoms with E-state index in [0.29, 0.717) is 0 Å². The summed E-state index contributed by atoms with van der Waals surface area (Å²) in [4.78, 5) is 14.3. The van der Waals surface area contributed by atoms with E-state index in [2.05, 4.69) is 16.8 Å². The molecule has 0 fully saturated rings. The summed E-state index contributed by atoms with van der Waals surface area (Å²) >= 11 is 0. The summed E-state index contributed by atoms with van der Waals surface area (Å²) in [6.07, 6.45) is 3.29. The molecule has 0 radical (unpaired) electrons. The number of aromatic nitrogens is 1. The van der Waals surface area contributed by atoms with Gasteiger partial charge in [-0.05, 0) is 18.1 Å². The Morgan fingerprint density at radius 3 is 3.00 bits per heavy atom. The van der Waals surface area contributed by atoms with Crippen molar-refractivity contribution in [2.24, 2.45) is 0 Å². The van der Waals surface area contributed by atoms with Gasteiger partial charge >= 0.3 is 0 Å². The van der Waals surface area contributed by atoms with E-state index in [-0.39, 0.29) is 5.78 Å². The van der Waals surface area contributed by atoms with Gasteiger partial charge in [-0.1, -0.05) is 5.92 Å². The van der Waals surface area contributed by atoms with Gasteiger partial charge in [0.25, 0.3) is 0 Å². The van der Waals surface area contributed by atoms with Crippen LogP contribution in [0.2, 0.25) is 0 Å². The van der Waals surface area contributed by atoms with Gasteiger partial charge in [0.1, 0.15) is 0 Å². The first-order chi connectivity index (χ1) is 5.29. The van der Waals surface area contributed by atoms with Crippen molar-refractivity contribution in [3.8, 4) is 11.8 Å². The number of pyridine rings is 1. The van der Waals surface area contributed by atoms with E-state index in [1.54, 1.807) is 18.5 Å². The molecule has 0 saturated carbocycles. The molecule has 54 valence electrons. The molecule has 0 aliphatic heterocycles. The highest BCUT2D eigenvalue weighted by Gasteiger charge is 1.83. The maximum atomic E-state index is 10.4. The zero-order chi connectivity index (χ0) is 8.10. The Morgan fingerprint density at radius 1 is 1.64 bits per heavy atom. The molecule has 11 heavy (non-hydrogen) atoms. The lowest BCUT2D eigenvalue weighted by Crippen LogP contribution is -1.81. The molecule has 0 spiro atoms. The third kappa shape index (κ3) is 2.63. The average Bonchev–Trinajstić information content (AvgIpc) is 2.03. The molecule has 0 aliphatic rings. The Hall–Kier alpha value is -1.62. The van der Waals surface area contributed by atoms with E-state index in [0.717, 1.165) is 5.56 Å². The van der Waals surface area contributed by atoms with Crippen LogP contribution in [0.4, 0.5) is 0 Å². The highest BCUT2D eigenvalue weighted by Crippen LogP contribution is 1.90. The number of carbonyl (C=O) groups excluding carboxylic acids is 1. The van der Waals surface area contributed by atoms with Gasteiger partial charge in [0.2, 0.25) is 5.78 Å². The zero-order valence-corrected chi connectivity index (χ0v) is 6.16. The number of carbonyl (C=O) groups is 1. The molecule has 2 heteroatoms. The first-order valence-corrected chi connectivity index (χ1v) is 3.21. The zero-order valence-electron chi connectivity index (χ0n) is 6.16. The average molecular weight is 145 g/mol. The SMILES string of the molecule is CC(=O)C#Cc1cccnc1. The quantitative estimate of drug-likeness (QED) is 0.510. The van der Waals surface area contributed by atoms with Crippen LogP contribution in [-0.2, 0) is 4.79 Å². The Bertz CT molecular complexity index is 305. The van der Waals surface area contributed by atoms with E-state index in [1.807, 2.05) is 6.07 Å². The molecule has 0 saturated heterocycles. The van der Waals surface area contributed by atoms with Crippen molar-refractivity contribution < 1.29 is 4.79 Å². The number of hydrogen-bond acceptors (Lipinski definition) is 2. The summed E-state index contributed by atoms with van der Waals surface area (Å²) in [5.74, 6) is 4.98. The van der Waals surface area contributed by atoms with E-state index >= 15 is 0 Å². The van der Waals surface area contributed by atoms with Crippen LogP contribution in [0.25, 0.3) is 0 Å². The molecule has 2 nitrogen and oxygen atoms in total. The van der Waals surface area contributed by atoms with Crippen LogP contribution in [0.1, 0.15) is 12.5 Å². The van der Waals surface area contributed by atoms with Gasteiger partial charge in [-0.3, -0.25) is 9.78 Å². The third-order valence-electron chi connectivity index (χ3n) is 1.04. The van der Waals surface area contributed by atoms with Crippen molar-refractivity contribution in [3.63, 3.8) is 0 Å². The van der Waals surface area contributed by atoms with Crippen LogP contribution in [0.15, 0.2) is 24.5 Å². The smallest absolute Gasteiger partial charge is 0.202 e. The maximum Gasteiger partial charge on any atom is 0.202 e. The molecule has 0 N–H and O–H groups in total. The predicted molar refractivity (Wildman–Crippen MR) is 41.8 cm³/mol. The van der Waals surface area contributed by atoms with Crippen LogP contribution >= 0.6 is 0 Å². The highest BCUT2D eigenvalue weighted by atomic mass is 16.1. The van der Waals surface area contributed by atoms with Crippen LogP contribution < -0.4 is 0 Å². The second kappa shape index (κ2) is 3.52. The molecule has 0 aliphatic carbocycles. The molecule has 0 unspecified atom stereocenters. The Kier molecular flexibility index (Phi) is 2.40. The number of Topliss-reactive ketones (excluding diaryl/α,β-unsaturated/α-hetero) is 1. The number of ketones is 1. The summed E-state index contributed by atoms with van der Waals surface area (Å²) in [6.45, 7) is 1.43. The van der Waals surface area contributed by atoms with Gasteiger partial charge in [-0.25, -0.2) is 0 Å². The van der Waals surface area contributed by atoms with Crippen molar-refractivity contribution in [3.05, 3.63) is 30.1 Å². The van der Waals surface area contributed by atoms with Gasteiger partial charge < -0.3 is 0 Å². The lowest BCUT2D eigenvalue weighted by molar-refractivity contribution is -0.111. The molecule has 0 aromatic carbocycles. The molecule has 1 rings (SSSR count). The van der Waals surface area contributed by atoms with Crippen LogP contribution in [0, 0.1) is 11.8 Å². The van der Waals surface area contributed by atoms with Gasteiger partial charge in [0.05, 0.1) is 0 Å². The van der Waals surface area contributed by atoms with Gasteiger partial charge in [-0.2, -0.15) is 0 Å². The third-order valence-corrected chi connectivity index (χ3v) is 1.04. The van der Waals surface area contributed by atoms with Gasteiger partial charge in [0.15, 0.2) is 0 Å². The number of hydrogen-bond donors (Lipinski definition) is 0. The van der Waals surface area contributed by atoms with Crippen molar-refractivity contribution in [2.45, 2.75) is 6.92 Å². The number of nitrogens with zero attached hydrogens (tertiary/aromatic N) is 1. The highest BCUT2D eigenvalue weighted by molar-refractivity contribution is 5.93. The van der Waals surface area contributed by atoms with Gasteiger partial charge in [0, 0.05) is 24.9 Å². The second-order valence-electron chi connectivity index (χ2n) is 2.05. The normalized spacial score (nSPS) is 8.09. The van der Waals surface area contributed by atoms with Crippen LogP contribution in [0.3, 0.4) is 0 Å². The molecule has 0 amide bonds. The predicted octanol–water partition coefficient (Wildman–Crippen LogP) is 1.02. The Balaban J connectivity index is 2.83. The largest absolute Gasteiger partial charge is 0.285 e. The van der Waals surface area contributed by atoms with Crippen molar-refractivity contribution in [1.29, 1.82) is 0 Å². The molecule has 1 heterocycles. The van der Waals surface area contributed by atoms with Crippen molar-refractivity contribution in [2.75, 3.05) is 0 Å². The molecule has 1 aromatic heterocycles. The van der Waals surface area contributed by atoms with Crippen molar-refractivity contribution >= 4 is 5.78 Å². The maximum absolute atomic E-state index is 10.4. The first kappa shape index (κ1) is 7.49. The Morgan fingerprint density at radius 2 is 2.45 bits per heavy atom. The minimum absolute atomic E-state index is 0.131. The minimum atomic E-state index is -0.131. The monoisotopic (exact) mass is 145 g/mol. The lowest BCUT2D eigenvalue weighted by Gasteiger charge is -1.83. The summed E-state index contributed by atoms with van der Waals surface area (Å²) in [7, 11) is 0. The molecular weight excluding hydrogens is 138 g/mol. The van der Waals surface area contributed by atoms with Crippen molar-refractivity contribution in [1.82, 2.24) is 4.98 Å². The number of rotatable bonds is 0.